The molecule has 1 saturated heterocycles. The van der Waals surface area contributed by atoms with Crippen LogP contribution in [0.15, 0.2) is 29.2 Å². The van der Waals surface area contributed by atoms with Crippen LogP contribution in [0.4, 0.5) is 0 Å². The van der Waals surface area contributed by atoms with E-state index in [1.807, 2.05) is 6.92 Å². The van der Waals surface area contributed by atoms with E-state index in [2.05, 4.69) is 0 Å². The molecule has 0 unspecified atom stereocenters. The molecule has 2 atom stereocenters. The summed E-state index contributed by atoms with van der Waals surface area (Å²) < 4.78 is 27.5. The van der Waals surface area contributed by atoms with Crippen LogP contribution >= 0.6 is 0 Å². The first-order valence-electron chi connectivity index (χ1n) is 8.20. The van der Waals surface area contributed by atoms with Crippen molar-refractivity contribution in [3.05, 3.63) is 29.8 Å². The van der Waals surface area contributed by atoms with Crippen LogP contribution < -0.4 is 0 Å². The minimum Gasteiger partial charge on any atom is -0.391 e. The number of Topliss-reactive ketones (excluding diaryl/α,β-unsaturated/α-hetero) is 1. The monoisotopic (exact) mass is 337 g/mol. The number of carbonyl (C=O) groups excluding carboxylic acids is 1. The molecule has 1 spiro atoms. The summed E-state index contributed by atoms with van der Waals surface area (Å²) in [6.45, 7) is 2.19. The molecule has 3 rings (SSSR count). The Bertz CT molecular complexity index is 698. The molecule has 1 saturated carbocycles. The van der Waals surface area contributed by atoms with E-state index in [1.165, 1.54) is 4.31 Å². The average molecular weight is 337 g/mol. The zero-order valence-corrected chi connectivity index (χ0v) is 14.2. The number of piperidine rings is 1. The van der Waals surface area contributed by atoms with Gasteiger partial charge in [0.2, 0.25) is 10.0 Å². The molecule has 1 aliphatic carbocycles. The summed E-state index contributed by atoms with van der Waals surface area (Å²) >= 11 is 0. The summed E-state index contributed by atoms with van der Waals surface area (Å²) in [7, 11) is -3.80. The number of sulfonamides is 1. The smallest absolute Gasteiger partial charge is 0.244 e. The van der Waals surface area contributed by atoms with Crippen LogP contribution in [0.25, 0.3) is 0 Å². The van der Waals surface area contributed by atoms with Gasteiger partial charge >= 0.3 is 0 Å². The molecule has 1 aromatic carbocycles. The molecule has 23 heavy (non-hydrogen) atoms. The summed E-state index contributed by atoms with van der Waals surface area (Å²) in [6, 6.07) is 6.66. The standard InChI is InChI=1S/C17H23NO4S/c1-13-7-9-14(10-8-13)23(21,22)18-12-4-6-16(20)17(18)11-3-2-5-15(17)19/h7-10,16,20H,2-6,11-12H2,1H3/t16-,17-/m1/s1. The predicted octanol–water partition coefficient (Wildman–Crippen LogP) is 2.02. The van der Waals surface area contributed by atoms with Gasteiger partial charge in [0, 0.05) is 13.0 Å². The highest BCUT2D eigenvalue weighted by molar-refractivity contribution is 7.89. The maximum Gasteiger partial charge on any atom is 0.244 e. The Morgan fingerprint density at radius 1 is 1.17 bits per heavy atom. The van der Waals surface area contributed by atoms with Crippen LogP contribution in [-0.2, 0) is 14.8 Å². The maximum atomic E-state index is 13.1. The molecule has 5 nitrogen and oxygen atoms in total. The molecule has 0 amide bonds. The lowest BCUT2D eigenvalue weighted by molar-refractivity contribution is -0.142. The van der Waals surface area contributed by atoms with Crippen LogP contribution in [-0.4, -0.2) is 41.8 Å². The Balaban J connectivity index is 2.07. The first-order valence-corrected chi connectivity index (χ1v) is 9.64. The molecule has 0 aromatic heterocycles. The van der Waals surface area contributed by atoms with E-state index < -0.39 is 21.7 Å². The molecule has 1 heterocycles. The summed E-state index contributed by atoms with van der Waals surface area (Å²) in [6.07, 6.45) is 2.43. The van der Waals surface area contributed by atoms with Gasteiger partial charge in [0.1, 0.15) is 5.54 Å². The molecular formula is C17H23NO4S. The van der Waals surface area contributed by atoms with Crippen LogP contribution in [0.1, 0.15) is 44.1 Å². The van der Waals surface area contributed by atoms with Gasteiger partial charge in [-0.25, -0.2) is 8.42 Å². The average Bonchev–Trinajstić information content (AvgIpc) is 2.52. The number of carbonyl (C=O) groups is 1. The highest BCUT2D eigenvalue weighted by Crippen LogP contribution is 2.41. The van der Waals surface area contributed by atoms with Gasteiger partial charge < -0.3 is 5.11 Å². The zero-order chi connectivity index (χ0) is 16.7. The second-order valence-electron chi connectivity index (χ2n) is 6.60. The fourth-order valence-electron chi connectivity index (χ4n) is 3.86. The normalized spacial score (nSPS) is 29.8. The summed E-state index contributed by atoms with van der Waals surface area (Å²) in [5.74, 6) is -0.133. The van der Waals surface area contributed by atoms with Crippen molar-refractivity contribution in [1.29, 1.82) is 0 Å². The second kappa shape index (κ2) is 6.00. The fourth-order valence-corrected chi connectivity index (χ4v) is 5.70. The van der Waals surface area contributed by atoms with Crippen molar-refractivity contribution in [1.82, 2.24) is 4.31 Å². The lowest BCUT2D eigenvalue weighted by Gasteiger charge is -2.49. The quantitative estimate of drug-likeness (QED) is 0.896. The molecule has 126 valence electrons. The molecule has 2 aliphatic rings. The van der Waals surface area contributed by atoms with Gasteiger partial charge in [0.05, 0.1) is 11.0 Å². The zero-order valence-electron chi connectivity index (χ0n) is 13.4. The first kappa shape index (κ1) is 16.6. The van der Waals surface area contributed by atoms with Crippen LogP contribution in [0, 0.1) is 6.92 Å². The SMILES string of the molecule is Cc1ccc(S(=O)(=O)N2CCC[C@@H](O)[C@]23CCCCC3=O)cc1. The van der Waals surface area contributed by atoms with E-state index in [-0.39, 0.29) is 10.7 Å². The van der Waals surface area contributed by atoms with Crippen LogP contribution in [0.5, 0.6) is 0 Å². The topological polar surface area (TPSA) is 74.7 Å². The number of nitrogens with zero attached hydrogens (tertiary/aromatic N) is 1. The van der Waals surface area contributed by atoms with Gasteiger partial charge in [-0.3, -0.25) is 4.79 Å². The maximum absolute atomic E-state index is 13.1. The molecule has 1 N–H and O–H groups in total. The lowest BCUT2D eigenvalue weighted by atomic mass is 9.73. The molecule has 6 heteroatoms. The molecular weight excluding hydrogens is 314 g/mol. The third-order valence-electron chi connectivity index (χ3n) is 5.14. The molecule has 1 aromatic rings. The minimum atomic E-state index is -3.80. The Morgan fingerprint density at radius 3 is 2.52 bits per heavy atom. The third kappa shape index (κ3) is 2.62. The van der Waals surface area contributed by atoms with Crippen LogP contribution in [0.2, 0.25) is 0 Å². The minimum absolute atomic E-state index is 0.133. The van der Waals surface area contributed by atoms with Crippen molar-refractivity contribution >= 4 is 15.8 Å². The molecule has 0 radical (unpaired) electrons. The predicted molar refractivity (Wildman–Crippen MR) is 86.5 cm³/mol. The largest absolute Gasteiger partial charge is 0.391 e. The molecule has 2 fully saturated rings. The molecule has 0 bridgehead atoms. The Morgan fingerprint density at radius 2 is 1.87 bits per heavy atom. The Labute approximate surface area is 137 Å². The highest BCUT2D eigenvalue weighted by atomic mass is 32.2. The lowest BCUT2D eigenvalue weighted by Crippen LogP contribution is -2.66. The number of hydrogen-bond donors (Lipinski definition) is 1. The van der Waals surface area contributed by atoms with Crippen LogP contribution in [0.3, 0.4) is 0 Å². The number of ketones is 1. The van der Waals surface area contributed by atoms with Gasteiger partial charge in [-0.05, 0) is 44.7 Å². The number of hydrogen-bond acceptors (Lipinski definition) is 4. The Kier molecular flexibility index (Phi) is 4.33. The Hall–Kier alpha value is -1.24. The number of benzene rings is 1. The van der Waals surface area contributed by atoms with E-state index in [0.717, 1.165) is 18.4 Å². The van der Waals surface area contributed by atoms with Gasteiger partial charge in [0.15, 0.2) is 5.78 Å². The van der Waals surface area contributed by atoms with Crippen molar-refractivity contribution in [3.8, 4) is 0 Å². The van der Waals surface area contributed by atoms with Gasteiger partial charge in [-0.15, -0.1) is 0 Å². The van der Waals surface area contributed by atoms with E-state index in [9.17, 15) is 18.3 Å². The summed E-state index contributed by atoms with van der Waals surface area (Å²) in [4.78, 5) is 12.8. The summed E-state index contributed by atoms with van der Waals surface area (Å²) in [5.41, 5.74) is -0.286. The number of aliphatic hydroxyl groups is 1. The number of aryl methyl sites for hydroxylation is 1. The van der Waals surface area contributed by atoms with Crippen molar-refractivity contribution in [2.45, 2.75) is 62.0 Å². The van der Waals surface area contributed by atoms with Gasteiger partial charge in [0.25, 0.3) is 0 Å². The molecule has 1 aliphatic heterocycles. The number of rotatable bonds is 2. The highest BCUT2D eigenvalue weighted by Gasteiger charge is 2.56. The van der Waals surface area contributed by atoms with E-state index in [0.29, 0.717) is 32.2 Å². The van der Waals surface area contributed by atoms with Gasteiger partial charge in [-0.1, -0.05) is 24.1 Å². The van der Waals surface area contributed by atoms with Crippen molar-refractivity contribution in [2.75, 3.05) is 6.54 Å². The third-order valence-corrected chi connectivity index (χ3v) is 7.10. The van der Waals surface area contributed by atoms with Crippen molar-refractivity contribution in [2.24, 2.45) is 0 Å². The van der Waals surface area contributed by atoms with Crippen molar-refractivity contribution < 1.29 is 18.3 Å². The van der Waals surface area contributed by atoms with Gasteiger partial charge in [-0.2, -0.15) is 4.31 Å². The first-order chi connectivity index (χ1) is 10.9. The van der Waals surface area contributed by atoms with E-state index >= 15 is 0 Å². The fraction of sp³-hybridized carbons (Fsp3) is 0.588. The second-order valence-corrected chi connectivity index (χ2v) is 8.47. The van der Waals surface area contributed by atoms with Crippen molar-refractivity contribution in [3.63, 3.8) is 0 Å². The van der Waals surface area contributed by atoms with E-state index in [1.54, 1.807) is 24.3 Å². The number of aliphatic hydroxyl groups excluding tert-OH is 1. The van der Waals surface area contributed by atoms with E-state index in [4.69, 9.17) is 0 Å². The summed E-state index contributed by atoms with van der Waals surface area (Å²) in [5, 5.41) is 10.6.